The highest BCUT2D eigenvalue weighted by Gasteiger charge is 2.36. The molecule has 2 heterocycles. The van der Waals surface area contributed by atoms with E-state index in [1.54, 1.807) is 35.2 Å². The number of rotatable bonds is 3. The number of halogens is 1. The van der Waals surface area contributed by atoms with Crippen LogP contribution < -0.4 is 4.90 Å². The number of methoxy groups -OCH3 is 1. The van der Waals surface area contributed by atoms with Gasteiger partial charge in [-0.05, 0) is 42.3 Å². The van der Waals surface area contributed by atoms with Crippen molar-refractivity contribution in [1.29, 1.82) is 0 Å². The maximum absolute atomic E-state index is 13.4. The highest BCUT2D eigenvalue weighted by molar-refractivity contribution is 6.07. The Labute approximate surface area is 155 Å². The van der Waals surface area contributed by atoms with Crippen molar-refractivity contribution < 1.29 is 23.6 Å². The van der Waals surface area contributed by atoms with Gasteiger partial charge in [0.25, 0.3) is 5.91 Å². The van der Waals surface area contributed by atoms with Gasteiger partial charge in [0.2, 0.25) is 6.10 Å². The number of anilines is 1. The van der Waals surface area contributed by atoms with Gasteiger partial charge in [-0.25, -0.2) is 9.18 Å². The van der Waals surface area contributed by atoms with Crippen LogP contribution in [0.15, 0.2) is 47.6 Å². The minimum atomic E-state index is -0.741. The molecular formula is C20H17FN2O4. The fourth-order valence-corrected chi connectivity index (χ4v) is 3.40. The predicted octanol–water partition coefficient (Wildman–Crippen LogP) is 2.69. The zero-order valence-electron chi connectivity index (χ0n) is 14.6. The summed E-state index contributed by atoms with van der Waals surface area (Å²) in [6, 6.07) is 11.2. The van der Waals surface area contributed by atoms with Gasteiger partial charge in [-0.1, -0.05) is 17.3 Å². The number of benzene rings is 2. The van der Waals surface area contributed by atoms with Gasteiger partial charge in [-0.3, -0.25) is 4.79 Å². The molecule has 27 heavy (non-hydrogen) atoms. The van der Waals surface area contributed by atoms with Crippen LogP contribution in [0.4, 0.5) is 10.1 Å². The van der Waals surface area contributed by atoms with Crippen LogP contribution in [0, 0.1) is 5.82 Å². The molecule has 1 atom stereocenters. The molecule has 138 valence electrons. The number of carbonyl (C=O) groups excluding carboxylic acids is 2. The highest BCUT2D eigenvalue weighted by atomic mass is 19.1. The average molecular weight is 368 g/mol. The lowest BCUT2D eigenvalue weighted by atomic mass is 10.0. The number of carbonyl (C=O) groups is 2. The molecule has 2 aromatic rings. The zero-order chi connectivity index (χ0) is 19.0. The monoisotopic (exact) mass is 368 g/mol. The van der Waals surface area contributed by atoms with Gasteiger partial charge in [0.1, 0.15) is 5.82 Å². The summed E-state index contributed by atoms with van der Waals surface area (Å²) in [7, 11) is 1.33. The molecule has 0 aliphatic carbocycles. The third-order valence-corrected chi connectivity index (χ3v) is 4.76. The van der Waals surface area contributed by atoms with Crippen molar-refractivity contribution in [2.45, 2.75) is 18.9 Å². The highest BCUT2D eigenvalue weighted by Crippen LogP contribution is 2.31. The van der Waals surface area contributed by atoms with E-state index in [9.17, 15) is 14.0 Å². The number of ether oxygens (including phenoxy) is 1. The second-order valence-corrected chi connectivity index (χ2v) is 6.42. The van der Waals surface area contributed by atoms with Crippen molar-refractivity contribution in [3.8, 4) is 0 Å². The molecule has 1 amide bonds. The molecule has 0 bridgehead atoms. The summed E-state index contributed by atoms with van der Waals surface area (Å²) in [4.78, 5) is 31.5. The maximum atomic E-state index is 13.4. The number of nitrogens with zero attached hydrogens (tertiary/aromatic N) is 2. The summed E-state index contributed by atoms with van der Waals surface area (Å²) in [6.07, 6.45) is 0.194. The van der Waals surface area contributed by atoms with Crippen LogP contribution in [-0.4, -0.2) is 37.3 Å². The van der Waals surface area contributed by atoms with Crippen LogP contribution in [0.1, 0.15) is 27.9 Å². The summed E-state index contributed by atoms with van der Waals surface area (Å²) >= 11 is 0. The van der Waals surface area contributed by atoms with Gasteiger partial charge in [0.05, 0.1) is 18.4 Å². The van der Waals surface area contributed by atoms with Gasteiger partial charge in [0, 0.05) is 24.2 Å². The standard InChI is InChI=1S/C20H17FN2O4/c1-26-20(25)14-5-6-17-13(9-14)7-8-23(17)19(24)18-11-16(22-27-18)12-3-2-4-15(21)10-12/h2-6,9-10,18H,7-8,11H2,1H3. The Morgan fingerprint density at radius 3 is 2.89 bits per heavy atom. The fourth-order valence-electron chi connectivity index (χ4n) is 3.40. The van der Waals surface area contributed by atoms with Gasteiger partial charge in [-0.15, -0.1) is 0 Å². The third-order valence-electron chi connectivity index (χ3n) is 4.76. The second kappa shape index (κ2) is 6.83. The van der Waals surface area contributed by atoms with E-state index in [0.717, 1.165) is 11.3 Å². The minimum absolute atomic E-state index is 0.199. The van der Waals surface area contributed by atoms with Crippen molar-refractivity contribution in [1.82, 2.24) is 0 Å². The number of hydrogen-bond donors (Lipinski definition) is 0. The molecule has 1 unspecified atom stereocenters. The molecule has 0 saturated heterocycles. The SMILES string of the molecule is COC(=O)c1ccc2c(c1)CCN2C(=O)C1CC(c2cccc(F)c2)=NO1. The molecule has 6 nitrogen and oxygen atoms in total. The van der Waals surface area contributed by atoms with E-state index in [1.807, 2.05) is 0 Å². The van der Waals surface area contributed by atoms with E-state index in [4.69, 9.17) is 9.57 Å². The van der Waals surface area contributed by atoms with Crippen molar-refractivity contribution in [3.63, 3.8) is 0 Å². The topological polar surface area (TPSA) is 68.2 Å². The Balaban J connectivity index is 1.49. The first-order chi connectivity index (χ1) is 13.1. The van der Waals surface area contributed by atoms with E-state index >= 15 is 0 Å². The minimum Gasteiger partial charge on any atom is -0.465 e. The summed E-state index contributed by atoms with van der Waals surface area (Å²) in [5.41, 5.74) is 3.29. The number of hydrogen-bond acceptors (Lipinski definition) is 5. The summed E-state index contributed by atoms with van der Waals surface area (Å²) in [5.74, 6) is -0.968. The molecule has 4 rings (SSSR count). The zero-order valence-corrected chi connectivity index (χ0v) is 14.6. The van der Waals surface area contributed by atoms with Crippen LogP contribution in [0.25, 0.3) is 0 Å². The molecule has 0 radical (unpaired) electrons. The normalized spacial score (nSPS) is 17.9. The van der Waals surface area contributed by atoms with Crippen molar-refractivity contribution >= 4 is 23.3 Å². The summed E-state index contributed by atoms with van der Waals surface area (Å²) in [5, 5.41) is 3.97. The summed E-state index contributed by atoms with van der Waals surface area (Å²) < 4.78 is 18.1. The van der Waals surface area contributed by atoms with E-state index < -0.39 is 12.1 Å². The van der Waals surface area contributed by atoms with E-state index in [2.05, 4.69) is 5.16 Å². The number of amides is 1. The van der Waals surface area contributed by atoms with Crippen LogP contribution in [0.3, 0.4) is 0 Å². The van der Waals surface area contributed by atoms with Crippen LogP contribution in [0.5, 0.6) is 0 Å². The molecule has 2 aliphatic rings. The number of oxime groups is 1. The largest absolute Gasteiger partial charge is 0.465 e. The van der Waals surface area contributed by atoms with E-state index in [1.165, 1.54) is 19.2 Å². The molecule has 0 saturated carbocycles. The fraction of sp³-hybridized carbons (Fsp3) is 0.250. The quantitative estimate of drug-likeness (QED) is 0.781. The van der Waals surface area contributed by atoms with Gasteiger partial charge in [-0.2, -0.15) is 0 Å². The van der Waals surface area contributed by atoms with Gasteiger partial charge >= 0.3 is 5.97 Å². The lowest BCUT2D eigenvalue weighted by molar-refractivity contribution is -0.128. The summed E-state index contributed by atoms with van der Waals surface area (Å²) in [6.45, 7) is 0.508. The molecular weight excluding hydrogens is 351 g/mol. The van der Waals surface area contributed by atoms with Crippen molar-refractivity contribution in [2.75, 3.05) is 18.6 Å². The Hall–Kier alpha value is -3.22. The molecule has 0 N–H and O–H groups in total. The first-order valence-electron chi connectivity index (χ1n) is 8.58. The number of esters is 1. The van der Waals surface area contributed by atoms with Crippen LogP contribution >= 0.6 is 0 Å². The molecule has 2 aliphatic heterocycles. The van der Waals surface area contributed by atoms with Crippen LogP contribution in [-0.2, 0) is 20.8 Å². The number of fused-ring (bicyclic) bond motifs is 1. The molecule has 0 spiro atoms. The Morgan fingerprint density at radius 2 is 2.11 bits per heavy atom. The first kappa shape index (κ1) is 17.2. The molecule has 0 fully saturated rings. The molecule has 7 heteroatoms. The van der Waals surface area contributed by atoms with Gasteiger partial charge < -0.3 is 14.5 Å². The van der Waals surface area contributed by atoms with E-state index in [0.29, 0.717) is 29.8 Å². The van der Waals surface area contributed by atoms with Crippen LogP contribution in [0.2, 0.25) is 0 Å². The molecule has 0 aromatic heterocycles. The van der Waals surface area contributed by atoms with Gasteiger partial charge in [0.15, 0.2) is 0 Å². The second-order valence-electron chi connectivity index (χ2n) is 6.42. The predicted molar refractivity (Wildman–Crippen MR) is 96.3 cm³/mol. The smallest absolute Gasteiger partial charge is 0.337 e. The third kappa shape index (κ3) is 3.16. The Bertz CT molecular complexity index is 957. The Kier molecular flexibility index (Phi) is 4.35. The Morgan fingerprint density at radius 1 is 1.26 bits per heavy atom. The lowest BCUT2D eigenvalue weighted by Gasteiger charge is -2.20. The average Bonchev–Trinajstić information content (AvgIpc) is 3.33. The van der Waals surface area contributed by atoms with Crippen molar-refractivity contribution in [2.24, 2.45) is 5.16 Å². The molecule has 2 aromatic carbocycles. The lowest BCUT2D eigenvalue weighted by Crippen LogP contribution is -2.38. The maximum Gasteiger partial charge on any atom is 0.337 e. The first-order valence-corrected chi connectivity index (χ1v) is 8.58. The van der Waals surface area contributed by atoms with Crippen molar-refractivity contribution in [3.05, 3.63) is 65.0 Å². The van der Waals surface area contributed by atoms with E-state index in [-0.39, 0.29) is 18.1 Å².